The third-order valence-electron chi connectivity index (χ3n) is 5.27. The van der Waals surface area contributed by atoms with E-state index < -0.39 is 24.0 Å². The molecule has 1 heterocycles. The summed E-state index contributed by atoms with van der Waals surface area (Å²) in [6.07, 6.45) is 0.954. The number of amides is 3. The Hall–Kier alpha value is -3.08. The maximum absolute atomic E-state index is 12.3. The van der Waals surface area contributed by atoms with Gasteiger partial charge >= 0.3 is 12.0 Å². The molecule has 1 saturated heterocycles. The van der Waals surface area contributed by atoms with Crippen LogP contribution in [0.25, 0.3) is 0 Å². The Kier molecular flexibility index (Phi) is 7.59. The number of anilines is 1. The molecule has 29 heavy (non-hydrogen) atoms. The molecule has 8 nitrogen and oxygen atoms in total. The van der Waals surface area contributed by atoms with E-state index in [9.17, 15) is 19.6 Å². The van der Waals surface area contributed by atoms with Crippen molar-refractivity contribution < 1.29 is 19.1 Å². The first kappa shape index (κ1) is 22.2. The molecule has 1 aliphatic rings. The number of urea groups is 1. The molecule has 2 N–H and O–H groups in total. The third-order valence-corrected chi connectivity index (χ3v) is 5.27. The summed E-state index contributed by atoms with van der Waals surface area (Å²) in [5.74, 6) is -1.39. The lowest BCUT2D eigenvalue weighted by Crippen LogP contribution is -2.50. The molecule has 1 atom stereocenters. The van der Waals surface area contributed by atoms with Crippen LogP contribution in [-0.2, 0) is 14.3 Å². The zero-order valence-corrected chi connectivity index (χ0v) is 17.1. The summed E-state index contributed by atoms with van der Waals surface area (Å²) >= 11 is 0. The molecule has 0 spiro atoms. The molecule has 156 valence electrons. The van der Waals surface area contributed by atoms with Crippen molar-refractivity contribution in [3.63, 3.8) is 0 Å². The van der Waals surface area contributed by atoms with Crippen molar-refractivity contribution >= 4 is 23.6 Å². The van der Waals surface area contributed by atoms with E-state index in [4.69, 9.17) is 4.74 Å². The van der Waals surface area contributed by atoms with Gasteiger partial charge in [0.05, 0.1) is 12.0 Å². The summed E-state index contributed by atoms with van der Waals surface area (Å²) in [5, 5.41) is 14.7. The maximum atomic E-state index is 12.3. The van der Waals surface area contributed by atoms with Crippen LogP contribution in [0.2, 0.25) is 0 Å². The van der Waals surface area contributed by atoms with Crippen LogP contribution in [0, 0.1) is 23.2 Å². The number of hydrogen-bond donors (Lipinski definition) is 2. The summed E-state index contributed by atoms with van der Waals surface area (Å²) in [6, 6.07) is 11.0. The Morgan fingerprint density at radius 2 is 1.86 bits per heavy atom. The lowest BCUT2D eigenvalue weighted by Gasteiger charge is -2.31. The molecule has 0 saturated carbocycles. The second-order valence-electron chi connectivity index (χ2n) is 7.68. The van der Waals surface area contributed by atoms with Crippen molar-refractivity contribution in [3.05, 3.63) is 30.3 Å². The van der Waals surface area contributed by atoms with Gasteiger partial charge in [0, 0.05) is 18.8 Å². The number of esters is 1. The van der Waals surface area contributed by atoms with E-state index in [1.54, 1.807) is 11.8 Å². The van der Waals surface area contributed by atoms with Crippen LogP contribution in [0.15, 0.2) is 30.3 Å². The topological polar surface area (TPSA) is 112 Å². The summed E-state index contributed by atoms with van der Waals surface area (Å²) in [4.78, 5) is 38.2. The first-order valence-electron chi connectivity index (χ1n) is 9.75. The van der Waals surface area contributed by atoms with Gasteiger partial charge < -0.3 is 20.3 Å². The number of carbonyl (C=O) groups excluding carboxylic acids is 3. The van der Waals surface area contributed by atoms with Crippen LogP contribution < -0.4 is 10.6 Å². The zero-order chi connectivity index (χ0) is 21.4. The van der Waals surface area contributed by atoms with E-state index in [0.717, 1.165) is 5.69 Å². The lowest BCUT2D eigenvalue weighted by atomic mass is 9.90. The number of piperidine rings is 1. The minimum absolute atomic E-state index is 0.0847. The molecule has 8 heteroatoms. The predicted octanol–water partition coefficient (Wildman–Crippen LogP) is 2.53. The Morgan fingerprint density at radius 1 is 1.24 bits per heavy atom. The first-order valence-corrected chi connectivity index (χ1v) is 9.75. The van der Waals surface area contributed by atoms with Gasteiger partial charge in [-0.2, -0.15) is 5.26 Å². The molecule has 3 amide bonds. The lowest BCUT2D eigenvalue weighted by molar-refractivity contribution is -0.154. The number of nitrogens with one attached hydrogen (secondary N) is 2. The van der Waals surface area contributed by atoms with Crippen LogP contribution in [0.1, 0.15) is 33.6 Å². The van der Waals surface area contributed by atoms with Crippen molar-refractivity contribution in [1.29, 1.82) is 5.26 Å². The number of hydrogen-bond acceptors (Lipinski definition) is 5. The van der Waals surface area contributed by atoms with Crippen molar-refractivity contribution in [2.24, 2.45) is 11.8 Å². The van der Waals surface area contributed by atoms with E-state index in [0.29, 0.717) is 25.9 Å². The number of carbonyl (C=O) groups is 3. The standard InChI is InChI=1S/C21H28N4O4/c1-15(2)21(3,14-22)24-18(26)13-29-19(27)16-9-11-25(12-10-16)20(28)23-17-7-5-4-6-8-17/h4-8,15-16H,9-13H2,1-3H3,(H,23,28)(H,24,26)/t21-/m0/s1. The van der Waals surface area contributed by atoms with Crippen LogP contribution in [-0.4, -0.2) is 48.0 Å². The van der Waals surface area contributed by atoms with Crippen molar-refractivity contribution in [3.8, 4) is 6.07 Å². The monoisotopic (exact) mass is 400 g/mol. The molecule has 0 radical (unpaired) electrons. The highest BCUT2D eigenvalue weighted by Gasteiger charge is 2.32. The zero-order valence-electron chi connectivity index (χ0n) is 17.1. The van der Waals surface area contributed by atoms with E-state index in [2.05, 4.69) is 16.7 Å². The van der Waals surface area contributed by atoms with Crippen LogP contribution in [0.3, 0.4) is 0 Å². The number of nitriles is 1. The van der Waals surface area contributed by atoms with Gasteiger partial charge in [-0.15, -0.1) is 0 Å². The van der Waals surface area contributed by atoms with Crippen molar-refractivity contribution in [2.45, 2.75) is 39.2 Å². The van der Waals surface area contributed by atoms with Crippen LogP contribution in [0.5, 0.6) is 0 Å². The smallest absolute Gasteiger partial charge is 0.321 e. The van der Waals surface area contributed by atoms with Crippen LogP contribution in [0.4, 0.5) is 10.5 Å². The molecule has 1 fully saturated rings. The van der Waals surface area contributed by atoms with Gasteiger partial charge in [0.25, 0.3) is 5.91 Å². The maximum Gasteiger partial charge on any atom is 0.321 e. The molecular weight excluding hydrogens is 372 g/mol. The third kappa shape index (κ3) is 6.21. The largest absolute Gasteiger partial charge is 0.455 e. The second kappa shape index (κ2) is 9.92. The molecule has 0 unspecified atom stereocenters. The fourth-order valence-corrected chi connectivity index (χ4v) is 2.92. The summed E-state index contributed by atoms with van der Waals surface area (Å²) < 4.78 is 5.13. The van der Waals surface area contributed by atoms with E-state index in [-0.39, 0.29) is 17.9 Å². The Labute approximate surface area is 171 Å². The Balaban J connectivity index is 1.75. The van der Waals surface area contributed by atoms with Crippen molar-refractivity contribution in [2.75, 3.05) is 25.0 Å². The number of benzene rings is 1. The van der Waals surface area contributed by atoms with E-state index in [1.165, 1.54) is 0 Å². The van der Waals surface area contributed by atoms with Gasteiger partial charge in [-0.1, -0.05) is 32.0 Å². The molecule has 0 aromatic heterocycles. The average molecular weight is 400 g/mol. The number of ether oxygens (including phenoxy) is 1. The number of para-hydroxylation sites is 1. The molecule has 1 aliphatic heterocycles. The fraction of sp³-hybridized carbons (Fsp3) is 0.524. The summed E-state index contributed by atoms with van der Waals surface area (Å²) in [5.41, 5.74) is -0.295. The van der Waals surface area contributed by atoms with Crippen molar-refractivity contribution in [1.82, 2.24) is 10.2 Å². The van der Waals surface area contributed by atoms with Gasteiger partial charge in [-0.25, -0.2) is 4.79 Å². The quantitative estimate of drug-likeness (QED) is 0.713. The number of nitrogens with zero attached hydrogens (tertiary/aromatic N) is 2. The highest BCUT2D eigenvalue weighted by atomic mass is 16.5. The highest BCUT2D eigenvalue weighted by molar-refractivity contribution is 5.89. The minimum Gasteiger partial charge on any atom is -0.455 e. The van der Waals surface area contributed by atoms with Gasteiger partial charge in [0.15, 0.2) is 6.61 Å². The average Bonchev–Trinajstić information content (AvgIpc) is 2.72. The van der Waals surface area contributed by atoms with E-state index in [1.807, 2.05) is 44.2 Å². The Bertz CT molecular complexity index is 767. The molecule has 0 bridgehead atoms. The van der Waals surface area contributed by atoms with E-state index >= 15 is 0 Å². The van der Waals surface area contributed by atoms with Gasteiger partial charge in [0.1, 0.15) is 5.54 Å². The Morgan fingerprint density at radius 3 is 2.41 bits per heavy atom. The number of rotatable bonds is 6. The molecule has 2 rings (SSSR count). The SMILES string of the molecule is CC(C)[C@](C)(C#N)NC(=O)COC(=O)C1CCN(C(=O)Nc2ccccc2)CC1. The molecule has 1 aromatic rings. The van der Waals surface area contributed by atoms with Gasteiger partial charge in [0.2, 0.25) is 0 Å². The fourth-order valence-electron chi connectivity index (χ4n) is 2.92. The van der Waals surface area contributed by atoms with Gasteiger partial charge in [-0.3, -0.25) is 9.59 Å². The van der Waals surface area contributed by atoms with Gasteiger partial charge in [-0.05, 0) is 37.8 Å². The normalized spacial score (nSPS) is 16.4. The highest BCUT2D eigenvalue weighted by Crippen LogP contribution is 2.20. The summed E-state index contributed by atoms with van der Waals surface area (Å²) in [7, 11) is 0. The predicted molar refractivity (Wildman–Crippen MR) is 108 cm³/mol. The minimum atomic E-state index is -1.01. The molecule has 1 aromatic carbocycles. The molecule has 0 aliphatic carbocycles. The number of likely N-dealkylation sites (tertiary alicyclic amines) is 1. The first-order chi connectivity index (χ1) is 13.7. The summed E-state index contributed by atoms with van der Waals surface area (Å²) in [6.45, 7) is 5.74. The van der Waals surface area contributed by atoms with Crippen LogP contribution >= 0.6 is 0 Å². The molecular formula is C21H28N4O4. The second-order valence-corrected chi connectivity index (χ2v) is 7.68.